The highest BCUT2D eigenvalue weighted by atomic mass is 16.5. The van der Waals surface area contributed by atoms with E-state index < -0.39 is 0 Å². The van der Waals surface area contributed by atoms with Crippen LogP contribution in [0.25, 0.3) is 0 Å². The van der Waals surface area contributed by atoms with E-state index in [-0.39, 0.29) is 5.41 Å². The second kappa shape index (κ2) is 8.42. The Morgan fingerprint density at radius 2 is 1.82 bits per heavy atom. The van der Waals surface area contributed by atoms with E-state index >= 15 is 0 Å². The summed E-state index contributed by atoms with van der Waals surface area (Å²) in [6.45, 7) is 8.70. The topological polar surface area (TPSA) is 36.0 Å². The molecule has 4 rings (SSSR count). The molecule has 1 spiro atoms. The Kier molecular flexibility index (Phi) is 5.93. The molecule has 3 saturated heterocycles. The first-order chi connectivity index (χ1) is 13.6. The SMILES string of the molecule is COCCN1CCCC2(CCN(C3CCN(c4ccc(C)cc4)CC3)C2)C1=O. The zero-order chi connectivity index (χ0) is 19.6. The lowest BCUT2D eigenvalue weighted by Crippen LogP contribution is -2.52. The molecule has 154 valence electrons. The smallest absolute Gasteiger partial charge is 0.230 e. The molecule has 1 aromatic rings. The fraction of sp³-hybridized carbons (Fsp3) is 0.696. The van der Waals surface area contributed by atoms with Gasteiger partial charge in [-0.2, -0.15) is 0 Å². The van der Waals surface area contributed by atoms with Crippen LogP contribution in [0.5, 0.6) is 0 Å². The number of methoxy groups -OCH3 is 1. The molecule has 0 aromatic heterocycles. The molecule has 1 amide bonds. The Hall–Kier alpha value is -1.59. The molecule has 3 aliphatic rings. The number of amides is 1. The highest BCUT2D eigenvalue weighted by Gasteiger charge is 2.49. The van der Waals surface area contributed by atoms with E-state index in [0.29, 0.717) is 18.6 Å². The molecule has 0 aliphatic carbocycles. The van der Waals surface area contributed by atoms with Gasteiger partial charge >= 0.3 is 0 Å². The van der Waals surface area contributed by atoms with E-state index in [0.717, 1.165) is 58.5 Å². The van der Waals surface area contributed by atoms with E-state index in [1.165, 1.54) is 24.1 Å². The molecule has 0 N–H and O–H groups in total. The van der Waals surface area contributed by atoms with Gasteiger partial charge in [0.05, 0.1) is 12.0 Å². The second-order valence-electron chi connectivity index (χ2n) is 8.94. The molecule has 28 heavy (non-hydrogen) atoms. The van der Waals surface area contributed by atoms with Gasteiger partial charge in [-0.25, -0.2) is 0 Å². The Balaban J connectivity index is 1.33. The van der Waals surface area contributed by atoms with Gasteiger partial charge in [0.1, 0.15) is 0 Å². The Morgan fingerprint density at radius 3 is 2.54 bits per heavy atom. The maximum absolute atomic E-state index is 13.2. The van der Waals surface area contributed by atoms with Gasteiger partial charge in [0.2, 0.25) is 5.91 Å². The van der Waals surface area contributed by atoms with E-state index in [9.17, 15) is 4.79 Å². The van der Waals surface area contributed by atoms with Crippen molar-refractivity contribution in [1.82, 2.24) is 9.80 Å². The van der Waals surface area contributed by atoms with Gasteiger partial charge in [-0.05, 0) is 57.7 Å². The third-order valence-electron chi connectivity index (χ3n) is 7.15. The Labute approximate surface area is 169 Å². The zero-order valence-corrected chi connectivity index (χ0v) is 17.5. The first kappa shape index (κ1) is 19.7. The molecule has 5 heteroatoms. The zero-order valence-electron chi connectivity index (χ0n) is 17.5. The maximum Gasteiger partial charge on any atom is 0.230 e. The number of likely N-dealkylation sites (tertiary alicyclic amines) is 2. The van der Waals surface area contributed by atoms with Crippen LogP contribution in [-0.2, 0) is 9.53 Å². The summed E-state index contributed by atoms with van der Waals surface area (Å²) < 4.78 is 5.20. The minimum absolute atomic E-state index is 0.125. The number of carbonyl (C=O) groups is 1. The predicted molar refractivity (Wildman–Crippen MR) is 113 cm³/mol. The molecule has 3 heterocycles. The summed E-state index contributed by atoms with van der Waals surface area (Å²) in [6, 6.07) is 9.53. The van der Waals surface area contributed by atoms with Crippen LogP contribution >= 0.6 is 0 Å². The summed E-state index contributed by atoms with van der Waals surface area (Å²) in [5, 5.41) is 0. The summed E-state index contributed by atoms with van der Waals surface area (Å²) >= 11 is 0. The molecule has 5 nitrogen and oxygen atoms in total. The van der Waals surface area contributed by atoms with Crippen LogP contribution in [0.3, 0.4) is 0 Å². The quantitative estimate of drug-likeness (QED) is 0.781. The standard InChI is InChI=1S/C23H35N3O2/c1-19-4-6-20(7-5-19)24-13-8-21(9-14-24)26-15-11-23(18-26)10-3-12-25(22(23)27)16-17-28-2/h4-7,21H,3,8-18H2,1-2H3. The summed E-state index contributed by atoms with van der Waals surface area (Å²) in [4.78, 5) is 20.4. The molecule has 3 fully saturated rings. The molecule has 1 atom stereocenters. The average molecular weight is 386 g/mol. The number of nitrogens with zero attached hydrogens (tertiary/aromatic N) is 3. The summed E-state index contributed by atoms with van der Waals surface area (Å²) in [5.74, 6) is 0.385. The Bertz CT molecular complexity index is 669. The number of carbonyl (C=O) groups excluding carboxylic acids is 1. The van der Waals surface area contributed by atoms with Crippen LogP contribution in [0.15, 0.2) is 24.3 Å². The van der Waals surface area contributed by atoms with Crippen molar-refractivity contribution >= 4 is 11.6 Å². The molecule has 0 radical (unpaired) electrons. The van der Waals surface area contributed by atoms with Crippen molar-refractivity contribution in [2.75, 3.05) is 57.9 Å². The average Bonchev–Trinajstić information content (AvgIpc) is 3.15. The summed E-state index contributed by atoms with van der Waals surface area (Å²) in [7, 11) is 1.71. The van der Waals surface area contributed by atoms with Gasteiger partial charge in [0, 0.05) is 51.6 Å². The first-order valence-corrected chi connectivity index (χ1v) is 11.0. The highest BCUT2D eigenvalue weighted by molar-refractivity contribution is 5.84. The summed E-state index contributed by atoms with van der Waals surface area (Å²) in [6.07, 6.45) is 5.63. The summed E-state index contributed by atoms with van der Waals surface area (Å²) in [5.41, 5.74) is 2.54. The number of hydrogen-bond donors (Lipinski definition) is 0. The van der Waals surface area contributed by atoms with Crippen molar-refractivity contribution in [3.05, 3.63) is 29.8 Å². The molecule has 1 aromatic carbocycles. The number of rotatable bonds is 5. The number of aryl methyl sites for hydroxylation is 1. The van der Waals surface area contributed by atoms with Gasteiger partial charge in [0.15, 0.2) is 0 Å². The number of hydrogen-bond acceptors (Lipinski definition) is 4. The van der Waals surface area contributed by atoms with E-state index in [1.807, 2.05) is 0 Å². The van der Waals surface area contributed by atoms with Crippen molar-refractivity contribution in [3.8, 4) is 0 Å². The van der Waals surface area contributed by atoms with Gasteiger partial charge < -0.3 is 14.5 Å². The van der Waals surface area contributed by atoms with Crippen molar-refractivity contribution in [2.45, 2.75) is 45.1 Å². The van der Waals surface area contributed by atoms with Gasteiger partial charge in [-0.3, -0.25) is 9.69 Å². The predicted octanol–water partition coefficient (Wildman–Crippen LogP) is 2.92. The number of anilines is 1. The molecule has 0 bridgehead atoms. The van der Waals surface area contributed by atoms with Gasteiger partial charge in [-0.1, -0.05) is 17.7 Å². The largest absolute Gasteiger partial charge is 0.383 e. The molecular formula is C23H35N3O2. The molecule has 3 aliphatic heterocycles. The van der Waals surface area contributed by atoms with Gasteiger partial charge in [0.25, 0.3) is 0 Å². The van der Waals surface area contributed by atoms with Gasteiger partial charge in [-0.15, -0.1) is 0 Å². The molecule has 1 unspecified atom stereocenters. The third kappa shape index (κ3) is 3.92. The minimum Gasteiger partial charge on any atom is -0.383 e. The lowest BCUT2D eigenvalue weighted by atomic mass is 9.78. The van der Waals surface area contributed by atoms with E-state index in [4.69, 9.17) is 4.74 Å². The lowest BCUT2D eigenvalue weighted by molar-refractivity contribution is -0.146. The Morgan fingerprint density at radius 1 is 1.07 bits per heavy atom. The van der Waals surface area contributed by atoms with Crippen molar-refractivity contribution in [3.63, 3.8) is 0 Å². The van der Waals surface area contributed by atoms with Crippen LogP contribution in [-0.4, -0.2) is 74.7 Å². The second-order valence-corrected chi connectivity index (χ2v) is 8.94. The van der Waals surface area contributed by atoms with Crippen molar-refractivity contribution in [1.29, 1.82) is 0 Å². The van der Waals surface area contributed by atoms with Crippen LogP contribution in [0.2, 0.25) is 0 Å². The monoisotopic (exact) mass is 385 g/mol. The lowest BCUT2D eigenvalue weighted by Gasteiger charge is -2.41. The third-order valence-corrected chi connectivity index (χ3v) is 7.15. The first-order valence-electron chi connectivity index (χ1n) is 11.0. The minimum atomic E-state index is -0.125. The van der Waals surface area contributed by atoms with Crippen molar-refractivity contribution in [2.24, 2.45) is 5.41 Å². The maximum atomic E-state index is 13.2. The van der Waals surface area contributed by atoms with Crippen LogP contribution in [0.1, 0.15) is 37.7 Å². The number of ether oxygens (including phenoxy) is 1. The van der Waals surface area contributed by atoms with E-state index in [1.54, 1.807) is 7.11 Å². The van der Waals surface area contributed by atoms with Crippen molar-refractivity contribution < 1.29 is 9.53 Å². The van der Waals surface area contributed by atoms with Crippen LogP contribution in [0, 0.1) is 12.3 Å². The normalized spacial score (nSPS) is 27.1. The number of benzene rings is 1. The van der Waals surface area contributed by atoms with Crippen LogP contribution in [0.4, 0.5) is 5.69 Å². The molecule has 0 saturated carbocycles. The number of piperidine rings is 2. The fourth-order valence-electron chi connectivity index (χ4n) is 5.41. The van der Waals surface area contributed by atoms with Crippen LogP contribution < -0.4 is 4.90 Å². The fourth-order valence-corrected chi connectivity index (χ4v) is 5.41. The molecular weight excluding hydrogens is 350 g/mol. The highest BCUT2D eigenvalue weighted by Crippen LogP contribution is 2.41. The van der Waals surface area contributed by atoms with E-state index in [2.05, 4.69) is 45.9 Å².